The zero-order chi connectivity index (χ0) is 21.2. The van der Waals surface area contributed by atoms with Crippen LogP contribution in [0.15, 0.2) is 60.7 Å². The Bertz CT molecular complexity index is 839. The third-order valence-corrected chi connectivity index (χ3v) is 5.61. The SMILES string of the molecule is C1#CC(Cc2ccccc2)(Cc2ccccc2)CCCCC1.O=C1CCC(=O)N1O. The normalized spacial score (nSPS) is 17.8. The molecule has 0 spiro atoms. The van der Waals surface area contributed by atoms with Gasteiger partial charge in [-0.2, -0.15) is 5.06 Å². The lowest BCUT2D eigenvalue weighted by molar-refractivity contribution is -0.171. The molecule has 1 saturated heterocycles. The summed E-state index contributed by atoms with van der Waals surface area (Å²) in [5, 5.41) is 8.57. The zero-order valence-electron chi connectivity index (χ0n) is 17.3. The minimum atomic E-state index is -0.505. The number of benzene rings is 2. The van der Waals surface area contributed by atoms with Crippen LogP contribution in [0.25, 0.3) is 0 Å². The van der Waals surface area contributed by atoms with Gasteiger partial charge in [-0.25, -0.2) is 0 Å². The largest absolute Gasteiger partial charge is 0.279 e. The van der Waals surface area contributed by atoms with Crippen LogP contribution in [0.5, 0.6) is 0 Å². The molecule has 0 saturated carbocycles. The van der Waals surface area contributed by atoms with Gasteiger partial charge in [0.15, 0.2) is 0 Å². The van der Waals surface area contributed by atoms with E-state index in [1.165, 1.54) is 36.8 Å². The monoisotopic (exact) mass is 403 g/mol. The van der Waals surface area contributed by atoms with Crippen molar-refractivity contribution < 1.29 is 14.8 Å². The lowest BCUT2D eigenvalue weighted by Gasteiger charge is -2.30. The van der Waals surface area contributed by atoms with Crippen molar-refractivity contribution in [2.75, 3.05) is 0 Å². The molecule has 4 heteroatoms. The van der Waals surface area contributed by atoms with Crippen LogP contribution in [0.3, 0.4) is 0 Å². The zero-order valence-corrected chi connectivity index (χ0v) is 17.3. The number of hydrogen-bond acceptors (Lipinski definition) is 3. The van der Waals surface area contributed by atoms with Crippen LogP contribution in [-0.2, 0) is 22.4 Å². The average Bonchev–Trinajstić information content (AvgIpc) is 3.04. The van der Waals surface area contributed by atoms with Gasteiger partial charge in [-0.05, 0) is 36.8 Å². The van der Waals surface area contributed by atoms with Gasteiger partial charge in [-0.15, -0.1) is 5.92 Å². The number of hydrogen-bond donors (Lipinski definition) is 1. The van der Waals surface area contributed by atoms with E-state index in [-0.39, 0.29) is 23.3 Å². The molecule has 1 aliphatic carbocycles. The van der Waals surface area contributed by atoms with Crippen LogP contribution < -0.4 is 0 Å². The van der Waals surface area contributed by atoms with Crippen molar-refractivity contribution in [3.63, 3.8) is 0 Å². The Kier molecular flexibility index (Phi) is 7.82. The molecule has 1 fully saturated rings. The maximum Gasteiger partial charge on any atom is 0.253 e. The summed E-state index contributed by atoms with van der Waals surface area (Å²) in [6.07, 6.45) is 8.58. The summed E-state index contributed by atoms with van der Waals surface area (Å²) in [6.45, 7) is 0. The van der Waals surface area contributed by atoms with Crippen LogP contribution in [0, 0.1) is 17.3 Å². The second-order valence-electron chi connectivity index (χ2n) is 8.07. The van der Waals surface area contributed by atoms with Gasteiger partial charge < -0.3 is 0 Å². The summed E-state index contributed by atoms with van der Waals surface area (Å²) >= 11 is 0. The van der Waals surface area contributed by atoms with Crippen LogP contribution in [0.1, 0.15) is 56.1 Å². The van der Waals surface area contributed by atoms with E-state index in [2.05, 4.69) is 72.5 Å². The van der Waals surface area contributed by atoms with E-state index in [0.29, 0.717) is 0 Å². The maximum atomic E-state index is 10.2. The molecule has 4 nitrogen and oxygen atoms in total. The van der Waals surface area contributed by atoms with E-state index in [1.807, 2.05) is 0 Å². The molecule has 2 aromatic carbocycles. The lowest BCUT2D eigenvalue weighted by atomic mass is 9.72. The molecule has 2 amide bonds. The Labute approximate surface area is 178 Å². The first-order valence-electron chi connectivity index (χ1n) is 10.7. The molecule has 0 atom stereocenters. The molecular weight excluding hydrogens is 374 g/mol. The van der Waals surface area contributed by atoms with Gasteiger partial charge in [-0.1, -0.05) is 79.4 Å². The van der Waals surface area contributed by atoms with Crippen molar-refractivity contribution in [3.05, 3.63) is 71.8 Å². The van der Waals surface area contributed by atoms with Crippen LogP contribution in [0.4, 0.5) is 0 Å². The first-order valence-corrected chi connectivity index (χ1v) is 10.7. The number of amides is 2. The molecule has 4 rings (SSSR count). The summed E-state index contributed by atoms with van der Waals surface area (Å²) in [7, 11) is 0. The van der Waals surface area contributed by atoms with Crippen molar-refractivity contribution in [2.45, 2.75) is 57.8 Å². The first kappa shape index (κ1) is 21.8. The van der Waals surface area contributed by atoms with E-state index < -0.39 is 11.8 Å². The van der Waals surface area contributed by atoms with Crippen LogP contribution in [0.2, 0.25) is 0 Å². The number of imide groups is 1. The van der Waals surface area contributed by atoms with E-state index in [1.54, 1.807) is 0 Å². The lowest BCUT2D eigenvalue weighted by Crippen LogP contribution is -2.26. The number of hydroxylamine groups is 2. The first-order chi connectivity index (χ1) is 14.6. The van der Waals surface area contributed by atoms with Gasteiger partial charge in [0.25, 0.3) is 11.8 Å². The van der Waals surface area contributed by atoms with Gasteiger partial charge in [0.1, 0.15) is 0 Å². The topological polar surface area (TPSA) is 57.6 Å². The molecule has 1 heterocycles. The summed E-state index contributed by atoms with van der Waals surface area (Å²) in [5.74, 6) is 6.14. The Morgan fingerprint density at radius 3 is 1.80 bits per heavy atom. The molecule has 156 valence electrons. The van der Waals surface area contributed by atoms with E-state index in [4.69, 9.17) is 5.21 Å². The third-order valence-electron chi connectivity index (χ3n) is 5.61. The fourth-order valence-electron chi connectivity index (χ4n) is 4.03. The van der Waals surface area contributed by atoms with Gasteiger partial charge in [-0.3, -0.25) is 14.8 Å². The van der Waals surface area contributed by atoms with Crippen molar-refractivity contribution >= 4 is 11.8 Å². The molecule has 0 aromatic heterocycles. The maximum absolute atomic E-state index is 10.2. The quantitative estimate of drug-likeness (QED) is 0.446. The molecule has 0 bridgehead atoms. The molecule has 30 heavy (non-hydrogen) atoms. The number of nitrogens with zero attached hydrogens (tertiary/aromatic N) is 1. The Morgan fingerprint density at radius 1 is 0.800 bits per heavy atom. The number of carbonyl (C=O) groups is 2. The highest BCUT2D eigenvalue weighted by atomic mass is 16.5. The number of carbonyl (C=O) groups excluding carboxylic acids is 2. The third kappa shape index (κ3) is 6.30. The minimum Gasteiger partial charge on any atom is -0.279 e. The highest BCUT2D eigenvalue weighted by Gasteiger charge is 2.29. The van der Waals surface area contributed by atoms with Crippen LogP contribution in [-0.4, -0.2) is 22.1 Å². The Balaban J connectivity index is 0.000000269. The van der Waals surface area contributed by atoms with Gasteiger partial charge >= 0.3 is 0 Å². The van der Waals surface area contributed by atoms with E-state index in [0.717, 1.165) is 19.3 Å². The fraction of sp³-hybridized carbons (Fsp3) is 0.385. The second-order valence-corrected chi connectivity index (χ2v) is 8.07. The second kappa shape index (κ2) is 10.8. The van der Waals surface area contributed by atoms with E-state index in [9.17, 15) is 9.59 Å². The van der Waals surface area contributed by atoms with Gasteiger partial charge in [0, 0.05) is 24.7 Å². The molecule has 2 aliphatic rings. The predicted molar refractivity (Wildman–Crippen MR) is 116 cm³/mol. The van der Waals surface area contributed by atoms with Crippen molar-refractivity contribution in [3.8, 4) is 11.8 Å². The van der Waals surface area contributed by atoms with Gasteiger partial charge in [0.2, 0.25) is 0 Å². The van der Waals surface area contributed by atoms with E-state index >= 15 is 0 Å². The molecule has 0 unspecified atom stereocenters. The average molecular weight is 404 g/mol. The molecular formula is C26H29NO3. The predicted octanol–water partition coefficient (Wildman–Crippen LogP) is 4.95. The minimum absolute atomic E-state index is 0.100. The molecule has 1 aliphatic heterocycles. The van der Waals surface area contributed by atoms with Crippen molar-refractivity contribution in [2.24, 2.45) is 5.41 Å². The summed E-state index contributed by atoms with van der Waals surface area (Å²) in [6, 6.07) is 21.7. The molecule has 1 N–H and O–H groups in total. The summed E-state index contributed by atoms with van der Waals surface area (Å²) in [5.41, 5.74) is 2.92. The highest BCUT2D eigenvalue weighted by molar-refractivity contribution is 6.00. The van der Waals surface area contributed by atoms with Crippen molar-refractivity contribution in [1.29, 1.82) is 0 Å². The highest BCUT2D eigenvalue weighted by Crippen LogP contribution is 2.34. The van der Waals surface area contributed by atoms with Crippen molar-refractivity contribution in [1.82, 2.24) is 5.06 Å². The Hall–Kier alpha value is -2.90. The van der Waals surface area contributed by atoms with Crippen LogP contribution >= 0.6 is 0 Å². The number of rotatable bonds is 4. The van der Waals surface area contributed by atoms with Gasteiger partial charge in [0.05, 0.1) is 0 Å². The molecule has 0 radical (unpaired) electrons. The summed E-state index contributed by atoms with van der Waals surface area (Å²) < 4.78 is 0. The summed E-state index contributed by atoms with van der Waals surface area (Å²) in [4.78, 5) is 20.5. The Morgan fingerprint density at radius 2 is 1.33 bits per heavy atom. The smallest absolute Gasteiger partial charge is 0.253 e. The molecule has 2 aromatic rings. The fourth-order valence-corrected chi connectivity index (χ4v) is 4.03. The standard InChI is InChI=1S/C22H24.C4H5NO3/c1-2-10-16-22(17-11-3-1,18-20-12-6-4-7-13-20)19-21-14-8-5-9-15-21;6-3-1-2-4(7)5(3)8/h4-9,12-15H,1-3,10,16,18-19H2;8H,1-2H2.